The lowest BCUT2D eigenvalue weighted by molar-refractivity contribution is 0.0494. The summed E-state index contributed by atoms with van der Waals surface area (Å²) >= 11 is 0. The Morgan fingerprint density at radius 1 is 1.27 bits per heavy atom. The Labute approximate surface area is 153 Å². The van der Waals surface area contributed by atoms with Crippen LogP contribution in [0, 0.1) is 12.8 Å². The molecule has 0 amide bonds. The summed E-state index contributed by atoms with van der Waals surface area (Å²) in [6.45, 7) is 8.34. The highest BCUT2D eigenvalue weighted by atomic mass is 16.5. The summed E-state index contributed by atoms with van der Waals surface area (Å²) in [5.74, 6) is 0.0637. The standard InChI is InChI=1S/C21H24N2O3/c1-5-25-21(24)19-18(22)17-13(4)11-16(23-20(17)26-19)15-8-6-14(7-9-15)10-12(2)3/h6-9,11-12H,5,10,22H2,1-4H3. The van der Waals surface area contributed by atoms with E-state index >= 15 is 0 Å². The molecular weight excluding hydrogens is 328 g/mol. The van der Waals surface area contributed by atoms with Gasteiger partial charge in [0.05, 0.1) is 23.4 Å². The Morgan fingerprint density at radius 2 is 1.96 bits per heavy atom. The fraction of sp³-hybridized carbons (Fsp3) is 0.333. The van der Waals surface area contributed by atoms with Crippen LogP contribution in [0.4, 0.5) is 5.69 Å². The van der Waals surface area contributed by atoms with E-state index in [9.17, 15) is 4.79 Å². The normalized spacial score (nSPS) is 11.3. The van der Waals surface area contributed by atoms with Crippen molar-refractivity contribution in [2.75, 3.05) is 12.3 Å². The molecule has 0 aliphatic carbocycles. The van der Waals surface area contributed by atoms with Crippen LogP contribution in [0.25, 0.3) is 22.4 Å². The second kappa shape index (κ2) is 7.20. The lowest BCUT2D eigenvalue weighted by Crippen LogP contribution is -2.05. The highest BCUT2D eigenvalue weighted by Gasteiger charge is 2.22. The molecule has 2 aromatic heterocycles. The molecule has 0 spiro atoms. The molecule has 3 rings (SSSR count). The third-order valence-corrected chi connectivity index (χ3v) is 4.25. The number of ether oxygens (including phenoxy) is 1. The van der Waals surface area contributed by atoms with Crippen LogP contribution in [0.15, 0.2) is 34.7 Å². The molecule has 3 aromatic rings. The van der Waals surface area contributed by atoms with Gasteiger partial charge in [-0.1, -0.05) is 38.1 Å². The topological polar surface area (TPSA) is 78.3 Å². The Bertz CT molecular complexity index is 940. The number of nitrogens with zero attached hydrogens (tertiary/aromatic N) is 1. The molecule has 0 saturated heterocycles. The molecular formula is C21H24N2O3. The van der Waals surface area contributed by atoms with E-state index in [0.29, 0.717) is 17.0 Å². The number of nitrogens with two attached hydrogens (primary N) is 1. The van der Waals surface area contributed by atoms with Crippen LogP contribution in [0.2, 0.25) is 0 Å². The van der Waals surface area contributed by atoms with Crippen LogP contribution >= 0.6 is 0 Å². The minimum atomic E-state index is -0.568. The monoisotopic (exact) mass is 352 g/mol. The molecule has 0 aliphatic heterocycles. The smallest absolute Gasteiger partial charge is 0.376 e. The molecule has 0 aliphatic rings. The molecule has 26 heavy (non-hydrogen) atoms. The van der Waals surface area contributed by atoms with Crippen LogP contribution in [-0.4, -0.2) is 17.6 Å². The van der Waals surface area contributed by atoms with Gasteiger partial charge in [0, 0.05) is 5.56 Å². The summed E-state index contributed by atoms with van der Waals surface area (Å²) in [7, 11) is 0. The fourth-order valence-electron chi connectivity index (χ4n) is 3.09. The van der Waals surface area contributed by atoms with E-state index in [0.717, 1.165) is 23.2 Å². The molecule has 0 unspecified atom stereocenters. The molecule has 5 nitrogen and oxygen atoms in total. The van der Waals surface area contributed by atoms with E-state index in [2.05, 4.69) is 43.1 Å². The van der Waals surface area contributed by atoms with Crippen molar-refractivity contribution in [1.29, 1.82) is 0 Å². The van der Waals surface area contributed by atoms with Gasteiger partial charge in [0.2, 0.25) is 11.5 Å². The number of aryl methyl sites for hydroxylation is 1. The van der Waals surface area contributed by atoms with E-state index in [1.807, 2.05) is 13.0 Å². The van der Waals surface area contributed by atoms with Crippen LogP contribution in [0.1, 0.15) is 42.5 Å². The van der Waals surface area contributed by atoms with Crippen molar-refractivity contribution in [1.82, 2.24) is 4.98 Å². The molecule has 2 N–H and O–H groups in total. The quantitative estimate of drug-likeness (QED) is 0.670. The first-order chi connectivity index (χ1) is 12.4. The maximum absolute atomic E-state index is 12.0. The third kappa shape index (κ3) is 3.43. The maximum atomic E-state index is 12.0. The van der Waals surface area contributed by atoms with Gasteiger partial charge >= 0.3 is 5.97 Å². The number of benzene rings is 1. The number of aromatic nitrogens is 1. The molecule has 1 aromatic carbocycles. The summed E-state index contributed by atoms with van der Waals surface area (Å²) < 4.78 is 10.6. The van der Waals surface area contributed by atoms with Crippen LogP contribution < -0.4 is 5.73 Å². The van der Waals surface area contributed by atoms with E-state index in [1.165, 1.54) is 5.56 Å². The van der Waals surface area contributed by atoms with Crippen LogP contribution in [0.5, 0.6) is 0 Å². The Hall–Kier alpha value is -2.82. The van der Waals surface area contributed by atoms with Crippen molar-refractivity contribution in [3.63, 3.8) is 0 Å². The first-order valence-electron chi connectivity index (χ1n) is 8.86. The SMILES string of the molecule is CCOC(=O)c1oc2nc(-c3ccc(CC(C)C)cc3)cc(C)c2c1N. The van der Waals surface area contributed by atoms with Gasteiger partial charge in [-0.15, -0.1) is 0 Å². The molecule has 0 bridgehead atoms. The van der Waals surface area contributed by atoms with Gasteiger partial charge < -0.3 is 14.9 Å². The number of nitrogen functional groups attached to an aromatic ring is 1. The number of rotatable bonds is 5. The Balaban J connectivity index is 2.02. The predicted octanol–water partition coefficient (Wildman–Crippen LogP) is 4.76. The molecule has 0 radical (unpaired) electrons. The fourth-order valence-corrected chi connectivity index (χ4v) is 3.09. The number of furan rings is 1. The van der Waals surface area contributed by atoms with Crippen molar-refractivity contribution in [3.8, 4) is 11.3 Å². The average Bonchev–Trinajstić information content (AvgIpc) is 2.92. The van der Waals surface area contributed by atoms with E-state index < -0.39 is 5.97 Å². The molecule has 5 heteroatoms. The van der Waals surface area contributed by atoms with E-state index in [-0.39, 0.29) is 18.1 Å². The summed E-state index contributed by atoms with van der Waals surface area (Å²) in [5, 5.41) is 0.660. The summed E-state index contributed by atoms with van der Waals surface area (Å²) in [6.07, 6.45) is 1.05. The minimum Gasteiger partial charge on any atom is -0.460 e. The predicted molar refractivity (Wildman–Crippen MR) is 103 cm³/mol. The number of carbonyl (C=O) groups is 1. The zero-order chi connectivity index (χ0) is 18.8. The molecule has 136 valence electrons. The van der Waals surface area contributed by atoms with Crippen molar-refractivity contribution >= 4 is 22.8 Å². The second-order valence-electron chi connectivity index (χ2n) is 6.86. The number of hydrogen-bond acceptors (Lipinski definition) is 5. The lowest BCUT2D eigenvalue weighted by Gasteiger charge is -2.07. The number of hydrogen-bond donors (Lipinski definition) is 1. The minimum absolute atomic E-state index is 0.0156. The summed E-state index contributed by atoms with van der Waals surface area (Å²) in [4.78, 5) is 16.6. The van der Waals surface area contributed by atoms with Crippen molar-refractivity contribution < 1.29 is 13.9 Å². The van der Waals surface area contributed by atoms with Crippen LogP contribution in [0.3, 0.4) is 0 Å². The van der Waals surface area contributed by atoms with Gasteiger partial charge in [-0.3, -0.25) is 0 Å². The Morgan fingerprint density at radius 3 is 2.58 bits per heavy atom. The second-order valence-corrected chi connectivity index (χ2v) is 6.86. The van der Waals surface area contributed by atoms with E-state index in [4.69, 9.17) is 14.9 Å². The van der Waals surface area contributed by atoms with Gasteiger partial charge in [-0.2, -0.15) is 0 Å². The summed E-state index contributed by atoms with van der Waals surface area (Å²) in [6, 6.07) is 10.3. The Kier molecular flexibility index (Phi) is 4.98. The molecule has 0 fully saturated rings. The third-order valence-electron chi connectivity index (χ3n) is 4.25. The number of anilines is 1. The molecule has 0 atom stereocenters. The highest BCUT2D eigenvalue weighted by Crippen LogP contribution is 2.33. The molecule has 2 heterocycles. The molecule has 0 saturated carbocycles. The average molecular weight is 352 g/mol. The van der Waals surface area contributed by atoms with Crippen molar-refractivity contribution in [3.05, 3.63) is 47.2 Å². The highest BCUT2D eigenvalue weighted by molar-refractivity contribution is 6.04. The maximum Gasteiger partial charge on any atom is 0.376 e. The number of carbonyl (C=O) groups excluding carboxylic acids is 1. The van der Waals surface area contributed by atoms with Gasteiger partial charge in [0.15, 0.2) is 0 Å². The largest absolute Gasteiger partial charge is 0.460 e. The number of pyridine rings is 1. The van der Waals surface area contributed by atoms with Gasteiger partial charge in [-0.05, 0) is 43.4 Å². The lowest BCUT2D eigenvalue weighted by atomic mass is 10.00. The van der Waals surface area contributed by atoms with Crippen molar-refractivity contribution in [2.24, 2.45) is 5.92 Å². The first kappa shape index (κ1) is 18.0. The van der Waals surface area contributed by atoms with Gasteiger partial charge in [-0.25, -0.2) is 9.78 Å². The van der Waals surface area contributed by atoms with Crippen molar-refractivity contribution in [2.45, 2.75) is 34.1 Å². The summed E-state index contributed by atoms with van der Waals surface area (Å²) in [5.41, 5.74) is 10.7. The first-order valence-corrected chi connectivity index (χ1v) is 8.86. The van der Waals surface area contributed by atoms with Gasteiger partial charge in [0.1, 0.15) is 0 Å². The zero-order valence-electron chi connectivity index (χ0n) is 15.6. The van der Waals surface area contributed by atoms with E-state index in [1.54, 1.807) is 6.92 Å². The number of esters is 1. The zero-order valence-corrected chi connectivity index (χ0v) is 15.6. The number of fused-ring (bicyclic) bond motifs is 1. The van der Waals surface area contributed by atoms with Gasteiger partial charge in [0.25, 0.3) is 0 Å². The van der Waals surface area contributed by atoms with Crippen LogP contribution in [-0.2, 0) is 11.2 Å².